The van der Waals surface area contributed by atoms with Crippen LogP contribution in [0.25, 0.3) is 0 Å². The van der Waals surface area contributed by atoms with Crippen molar-refractivity contribution in [3.8, 4) is 11.8 Å². The molecule has 4 aliphatic carbocycles. The molecule has 0 aromatic rings. The van der Waals surface area contributed by atoms with Crippen molar-refractivity contribution in [3.05, 3.63) is 0 Å². The zero-order valence-corrected chi connectivity index (χ0v) is 18.0. The number of carbonyl (C=O) groups excluding carboxylic acids is 2. The van der Waals surface area contributed by atoms with Crippen molar-refractivity contribution < 1.29 is 14.7 Å². The molecule has 8 atom stereocenters. The van der Waals surface area contributed by atoms with E-state index in [1.165, 1.54) is 32.6 Å². The minimum Gasteiger partial charge on any atom is -0.378 e. The predicted molar refractivity (Wildman–Crippen MR) is 109 cm³/mol. The molecule has 4 saturated carbocycles. The molecule has 0 spiro atoms. The first-order valence-corrected chi connectivity index (χ1v) is 11.4. The first-order valence-electron chi connectivity index (χ1n) is 11.4. The topological polar surface area (TPSA) is 54.4 Å². The molecule has 0 aliphatic heterocycles. The summed E-state index contributed by atoms with van der Waals surface area (Å²) in [6.07, 6.45) is 9.49. The molecule has 4 fully saturated rings. The maximum absolute atomic E-state index is 12.3. The lowest BCUT2D eigenvalue weighted by molar-refractivity contribution is -0.144. The van der Waals surface area contributed by atoms with Crippen LogP contribution in [0.1, 0.15) is 85.5 Å². The van der Waals surface area contributed by atoms with Crippen molar-refractivity contribution in [3.63, 3.8) is 0 Å². The Morgan fingerprint density at radius 2 is 1.61 bits per heavy atom. The fourth-order valence-electron chi connectivity index (χ4n) is 8.23. The molecule has 0 saturated heterocycles. The second kappa shape index (κ2) is 6.69. The molecule has 3 nitrogen and oxygen atoms in total. The molecule has 1 N–H and O–H groups in total. The average Bonchev–Trinajstić information content (AvgIpc) is 2.98. The van der Waals surface area contributed by atoms with Crippen molar-refractivity contribution in [1.82, 2.24) is 0 Å². The molecule has 0 amide bonds. The third kappa shape index (κ3) is 2.98. The molecule has 3 heteroatoms. The zero-order valence-electron chi connectivity index (χ0n) is 18.0. The van der Waals surface area contributed by atoms with Gasteiger partial charge in [-0.05, 0) is 105 Å². The van der Waals surface area contributed by atoms with E-state index in [2.05, 4.69) is 25.7 Å². The number of hydrogen-bond donors (Lipinski definition) is 1. The van der Waals surface area contributed by atoms with Crippen LogP contribution in [-0.4, -0.2) is 22.3 Å². The van der Waals surface area contributed by atoms with Crippen LogP contribution in [0.5, 0.6) is 0 Å². The second-order valence-electron chi connectivity index (χ2n) is 11.0. The van der Waals surface area contributed by atoms with Crippen molar-refractivity contribution in [2.75, 3.05) is 0 Å². The van der Waals surface area contributed by atoms with Gasteiger partial charge in [-0.3, -0.25) is 9.59 Å². The van der Waals surface area contributed by atoms with E-state index in [-0.39, 0.29) is 22.5 Å². The van der Waals surface area contributed by atoms with Crippen LogP contribution >= 0.6 is 0 Å². The lowest BCUT2D eigenvalue weighted by Crippen LogP contribution is -2.56. The van der Waals surface area contributed by atoms with Crippen molar-refractivity contribution in [2.24, 2.45) is 40.4 Å². The van der Waals surface area contributed by atoms with Crippen LogP contribution in [-0.2, 0) is 9.59 Å². The van der Waals surface area contributed by atoms with E-state index >= 15 is 0 Å². The first kappa shape index (κ1) is 20.1. The van der Waals surface area contributed by atoms with E-state index in [1.807, 2.05) is 0 Å². The highest BCUT2D eigenvalue weighted by Gasteiger charge is 2.61. The fraction of sp³-hybridized carbons (Fsp3) is 0.840. The van der Waals surface area contributed by atoms with Gasteiger partial charge in [0.1, 0.15) is 11.4 Å². The minimum atomic E-state index is -0.987. The van der Waals surface area contributed by atoms with Gasteiger partial charge < -0.3 is 5.11 Å². The minimum absolute atomic E-state index is 0.168. The van der Waals surface area contributed by atoms with E-state index in [9.17, 15) is 14.7 Å². The van der Waals surface area contributed by atoms with Crippen LogP contribution in [0.2, 0.25) is 0 Å². The summed E-state index contributed by atoms with van der Waals surface area (Å²) in [6, 6.07) is 0. The molecule has 4 rings (SSSR count). The summed E-state index contributed by atoms with van der Waals surface area (Å²) in [7, 11) is 0. The van der Waals surface area contributed by atoms with Gasteiger partial charge in [0.15, 0.2) is 0 Å². The van der Waals surface area contributed by atoms with Gasteiger partial charge in [-0.25, -0.2) is 0 Å². The Morgan fingerprint density at radius 1 is 0.893 bits per heavy atom. The van der Waals surface area contributed by atoms with Crippen LogP contribution in [0, 0.1) is 52.3 Å². The molecule has 0 unspecified atom stereocenters. The summed E-state index contributed by atoms with van der Waals surface area (Å²) in [6.45, 7) is 8.13. The van der Waals surface area contributed by atoms with Crippen LogP contribution < -0.4 is 0 Å². The van der Waals surface area contributed by atoms with Gasteiger partial charge in [-0.2, -0.15) is 0 Å². The molecule has 4 aliphatic rings. The van der Waals surface area contributed by atoms with Crippen LogP contribution in [0.15, 0.2) is 0 Å². The Hall–Kier alpha value is -1.14. The van der Waals surface area contributed by atoms with E-state index < -0.39 is 5.60 Å². The normalized spacial score (nSPS) is 49.8. The average molecular weight is 385 g/mol. The highest BCUT2D eigenvalue weighted by atomic mass is 16.3. The standard InChI is InChI=1S/C25H36O3/c1-16(26)9-12-25(28)14-13-23(3)18(15-25)5-6-19-21-8-7-20(17(2)27)24(21,4)11-10-22(19)23/h18-22,28H,5-8,10-11,13-15H2,1-4H3/t18-,19-,20+,21-,22-,23-,24+,25+/m0/s1. The number of aliphatic hydroxyl groups is 1. The number of ketones is 2. The highest BCUT2D eigenvalue weighted by Crippen LogP contribution is 2.68. The molecular weight excluding hydrogens is 348 g/mol. The van der Waals surface area contributed by atoms with Crippen LogP contribution in [0.3, 0.4) is 0 Å². The fourth-order valence-corrected chi connectivity index (χ4v) is 8.23. The molecule has 0 bridgehead atoms. The predicted octanol–water partition coefficient (Wildman–Crippen LogP) is 4.56. The highest BCUT2D eigenvalue weighted by molar-refractivity contribution is 5.93. The molecule has 154 valence electrons. The van der Waals surface area contributed by atoms with Gasteiger partial charge in [-0.1, -0.05) is 19.8 Å². The lowest BCUT2D eigenvalue weighted by Gasteiger charge is -2.61. The van der Waals surface area contributed by atoms with Gasteiger partial charge in [0.05, 0.1) is 0 Å². The summed E-state index contributed by atoms with van der Waals surface area (Å²) < 4.78 is 0. The van der Waals surface area contributed by atoms with Gasteiger partial charge in [-0.15, -0.1) is 0 Å². The smallest absolute Gasteiger partial charge is 0.202 e. The quantitative estimate of drug-likeness (QED) is 0.533. The Kier molecular flexibility index (Phi) is 4.82. The SMILES string of the molecule is CC(=O)C#C[C@@]1(O)CC[C@@]2(C)[C@@H](CC[C@@H]3[C@@H]2CC[C@]2(C)[C@@H](C(C)=O)CC[C@@H]32)C1. The first-order chi connectivity index (χ1) is 13.1. The third-order valence-corrected chi connectivity index (χ3v) is 9.69. The Labute approximate surface area is 170 Å². The number of fused-ring (bicyclic) bond motifs is 5. The molecule has 28 heavy (non-hydrogen) atoms. The molecule has 0 aromatic heterocycles. The van der Waals surface area contributed by atoms with Gasteiger partial charge in [0.2, 0.25) is 5.78 Å². The van der Waals surface area contributed by atoms with Crippen molar-refractivity contribution in [2.45, 2.75) is 91.1 Å². The second-order valence-corrected chi connectivity index (χ2v) is 11.0. The summed E-state index contributed by atoms with van der Waals surface area (Å²) >= 11 is 0. The van der Waals surface area contributed by atoms with Crippen molar-refractivity contribution >= 4 is 11.6 Å². The summed E-state index contributed by atoms with van der Waals surface area (Å²) in [5.41, 5.74) is -0.514. The molecular formula is C25H36O3. The van der Waals surface area contributed by atoms with E-state index in [4.69, 9.17) is 0 Å². The zero-order chi connectivity index (χ0) is 20.3. The summed E-state index contributed by atoms with van der Waals surface area (Å²) in [5.74, 6) is 8.62. The Balaban J connectivity index is 1.56. The maximum atomic E-state index is 12.3. The lowest BCUT2D eigenvalue weighted by atomic mass is 9.44. The summed E-state index contributed by atoms with van der Waals surface area (Å²) in [5, 5.41) is 11.0. The van der Waals surface area contributed by atoms with E-state index in [1.54, 1.807) is 6.92 Å². The molecule has 0 heterocycles. The molecule has 0 radical (unpaired) electrons. The number of carbonyl (C=O) groups is 2. The van der Waals surface area contributed by atoms with E-state index in [0.29, 0.717) is 36.4 Å². The largest absolute Gasteiger partial charge is 0.378 e. The number of hydrogen-bond acceptors (Lipinski definition) is 3. The Bertz CT molecular complexity index is 745. The van der Waals surface area contributed by atoms with E-state index in [0.717, 1.165) is 25.2 Å². The van der Waals surface area contributed by atoms with Gasteiger partial charge in [0, 0.05) is 12.8 Å². The number of rotatable bonds is 1. The third-order valence-electron chi connectivity index (χ3n) is 9.69. The monoisotopic (exact) mass is 384 g/mol. The molecule has 0 aromatic carbocycles. The van der Waals surface area contributed by atoms with Gasteiger partial charge in [0.25, 0.3) is 0 Å². The maximum Gasteiger partial charge on any atom is 0.202 e. The van der Waals surface area contributed by atoms with Gasteiger partial charge >= 0.3 is 0 Å². The summed E-state index contributed by atoms with van der Waals surface area (Å²) in [4.78, 5) is 23.5. The Morgan fingerprint density at radius 3 is 2.29 bits per heavy atom. The van der Waals surface area contributed by atoms with Crippen LogP contribution in [0.4, 0.5) is 0 Å². The van der Waals surface area contributed by atoms with Crippen molar-refractivity contribution in [1.29, 1.82) is 0 Å². The number of Topliss-reactive ketones (excluding diaryl/α,β-unsaturated/α-hetero) is 2.